The van der Waals surface area contributed by atoms with Crippen LogP contribution in [0.1, 0.15) is 12.7 Å². The van der Waals surface area contributed by atoms with Crippen LogP contribution in [0.4, 0.5) is 0 Å². The van der Waals surface area contributed by atoms with Crippen LogP contribution in [0, 0.1) is 0 Å². The molecule has 1 heterocycles. The molecule has 4 nitrogen and oxygen atoms in total. The van der Waals surface area contributed by atoms with Gasteiger partial charge in [-0.15, -0.1) is 0 Å². The molecule has 0 unspecified atom stereocenters. The minimum atomic E-state index is 0.367. The average molecular weight is 153 g/mol. The van der Waals surface area contributed by atoms with Crippen molar-refractivity contribution >= 4 is 0 Å². The molecule has 1 aromatic heterocycles. The minimum Gasteiger partial charge on any atom is -0.491 e. The Balaban J connectivity index is 2.66. The Kier molecular flexibility index (Phi) is 2.80. The van der Waals surface area contributed by atoms with Crippen LogP contribution in [0.2, 0.25) is 0 Å². The molecule has 60 valence electrons. The number of ether oxygens (including phenoxy) is 1. The highest BCUT2D eigenvalue weighted by molar-refractivity contribution is 5.11. The van der Waals surface area contributed by atoms with E-state index in [2.05, 4.69) is 9.97 Å². The van der Waals surface area contributed by atoms with Gasteiger partial charge in [-0.1, -0.05) is 0 Å². The van der Waals surface area contributed by atoms with Crippen LogP contribution in [0.25, 0.3) is 0 Å². The summed E-state index contributed by atoms with van der Waals surface area (Å²) in [7, 11) is 0. The first-order chi connectivity index (χ1) is 5.36. The van der Waals surface area contributed by atoms with Crippen LogP contribution in [0.3, 0.4) is 0 Å². The van der Waals surface area contributed by atoms with E-state index in [0.29, 0.717) is 24.7 Å². The van der Waals surface area contributed by atoms with E-state index in [-0.39, 0.29) is 0 Å². The fourth-order valence-electron chi connectivity index (χ4n) is 0.690. The summed E-state index contributed by atoms with van der Waals surface area (Å²) in [6.45, 7) is 2.91. The predicted octanol–water partition coefficient (Wildman–Crippen LogP) is 0.334. The van der Waals surface area contributed by atoms with E-state index >= 15 is 0 Å². The maximum atomic E-state index is 5.31. The Hall–Kier alpha value is -1.16. The molecule has 1 aromatic rings. The zero-order valence-electron chi connectivity index (χ0n) is 6.45. The Bertz CT molecular complexity index is 209. The van der Waals surface area contributed by atoms with Gasteiger partial charge in [-0.05, 0) is 6.92 Å². The second kappa shape index (κ2) is 3.88. The highest BCUT2D eigenvalue weighted by Crippen LogP contribution is 2.04. The predicted molar refractivity (Wildman–Crippen MR) is 41.1 cm³/mol. The summed E-state index contributed by atoms with van der Waals surface area (Å²) >= 11 is 0. The second-order valence-electron chi connectivity index (χ2n) is 1.97. The van der Waals surface area contributed by atoms with Crippen LogP contribution >= 0.6 is 0 Å². The lowest BCUT2D eigenvalue weighted by molar-refractivity contribution is 0.337. The van der Waals surface area contributed by atoms with Crippen molar-refractivity contribution in [2.75, 3.05) is 6.61 Å². The lowest BCUT2D eigenvalue weighted by Gasteiger charge is -2.00. The summed E-state index contributed by atoms with van der Waals surface area (Å²) in [5.41, 5.74) is 5.31. The molecule has 2 N–H and O–H groups in total. The first kappa shape index (κ1) is 7.94. The maximum absolute atomic E-state index is 5.31. The molecule has 11 heavy (non-hydrogen) atoms. The molecule has 0 fully saturated rings. The maximum Gasteiger partial charge on any atom is 0.155 e. The highest BCUT2D eigenvalue weighted by atomic mass is 16.5. The molecule has 0 atom stereocenters. The third kappa shape index (κ3) is 2.16. The first-order valence-corrected chi connectivity index (χ1v) is 3.50. The van der Waals surface area contributed by atoms with Gasteiger partial charge in [0.15, 0.2) is 5.75 Å². The normalized spacial score (nSPS) is 9.64. The molecular formula is C7H11N3O. The smallest absolute Gasteiger partial charge is 0.155 e. The fraction of sp³-hybridized carbons (Fsp3) is 0.429. The topological polar surface area (TPSA) is 61.0 Å². The molecule has 0 aliphatic heterocycles. The lowest BCUT2D eigenvalue weighted by atomic mass is 10.5. The molecule has 0 bridgehead atoms. The zero-order valence-corrected chi connectivity index (χ0v) is 6.45. The molecule has 0 radical (unpaired) electrons. The van der Waals surface area contributed by atoms with E-state index in [1.54, 1.807) is 12.4 Å². The van der Waals surface area contributed by atoms with E-state index in [1.165, 1.54) is 0 Å². The van der Waals surface area contributed by atoms with Gasteiger partial charge in [-0.3, -0.25) is 0 Å². The van der Waals surface area contributed by atoms with Gasteiger partial charge in [0.2, 0.25) is 0 Å². The number of nitrogens with two attached hydrogens (primary N) is 1. The summed E-state index contributed by atoms with van der Waals surface area (Å²) in [5.74, 6) is 1.32. The van der Waals surface area contributed by atoms with Crippen molar-refractivity contribution in [2.24, 2.45) is 5.73 Å². The summed E-state index contributed by atoms with van der Waals surface area (Å²) in [4.78, 5) is 7.91. The summed E-state index contributed by atoms with van der Waals surface area (Å²) < 4.78 is 5.14. The third-order valence-corrected chi connectivity index (χ3v) is 1.18. The second-order valence-corrected chi connectivity index (χ2v) is 1.97. The highest BCUT2D eigenvalue weighted by Gasteiger charge is 1.93. The zero-order chi connectivity index (χ0) is 8.10. The van der Waals surface area contributed by atoms with E-state index in [0.717, 1.165) is 0 Å². The number of nitrogens with zero attached hydrogens (tertiary/aromatic N) is 2. The third-order valence-electron chi connectivity index (χ3n) is 1.18. The van der Waals surface area contributed by atoms with Crippen molar-refractivity contribution in [1.29, 1.82) is 0 Å². The van der Waals surface area contributed by atoms with Crippen molar-refractivity contribution in [3.05, 3.63) is 18.2 Å². The van der Waals surface area contributed by atoms with Crippen LogP contribution in [0.15, 0.2) is 12.4 Å². The van der Waals surface area contributed by atoms with E-state index in [9.17, 15) is 0 Å². The van der Waals surface area contributed by atoms with Gasteiger partial charge in [-0.25, -0.2) is 9.97 Å². The Morgan fingerprint density at radius 1 is 1.45 bits per heavy atom. The number of aromatic nitrogens is 2. The van der Waals surface area contributed by atoms with Crippen molar-refractivity contribution in [1.82, 2.24) is 9.97 Å². The van der Waals surface area contributed by atoms with Gasteiger partial charge in [0, 0.05) is 0 Å². The van der Waals surface area contributed by atoms with Crippen LogP contribution < -0.4 is 10.5 Å². The van der Waals surface area contributed by atoms with E-state index in [1.807, 2.05) is 6.92 Å². The van der Waals surface area contributed by atoms with Crippen LogP contribution in [0.5, 0.6) is 5.75 Å². The molecule has 0 amide bonds. The van der Waals surface area contributed by atoms with Crippen molar-refractivity contribution in [3.8, 4) is 5.75 Å². The average Bonchev–Trinajstić information content (AvgIpc) is 2.07. The van der Waals surface area contributed by atoms with Gasteiger partial charge in [0.1, 0.15) is 5.82 Å². The largest absolute Gasteiger partial charge is 0.491 e. The monoisotopic (exact) mass is 153 g/mol. The van der Waals surface area contributed by atoms with Gasteiger partial charge < -0.3 is 10.5 Å². The molecule has 0 aromatic carbocycles. The molecule has 0 spiro atoms. The Morgan fingerprint density at radius 3 is 2.55 bits per heavy atom. The summed E-state index contributed by atoms with van der Waals surface area (Å²) in [5, 5.41) is 0. The molecule has 0 aliphatic carbocycles. The molecule has 1 rings (SSSR count). The lowest BCUT2D eigenvalue weighted by Crippen LogP contribution is -2.02. The van der Waals surface area contributed by atoms with Crippen molar-refractivity contribution in [2.45, 2.75) is 13.5 Å². The van der Waals surface area contributed by atoms with E-state index in [4.69, 9.17) is 10.5 Å². The minimum absolute atomic E-state index is 0.367. The van der Waals surface area contributed by atoms with Gasteiger partial charge in [-0.2, -0.15) is 0 Å². The standard InChI is InChI=1S/C7H11N3O/c1-2-11-6-4-9-7(3-8)10-5-6/h4-5H,2-3,8H2,1H3. The van der Waals surface area contributed by atoms with Crippen LogP contribution in [-0.4, -0.2) is 16.6 Å². The fourth-order valence-corrected chi connectivity index (χ4v) is 0.690. The summed E-state index contributed by atoms with van der Waals surface area (Å²) in [6, 6.07) is 0. The van der Waals surface area contributed by atoms with Crippen molar-refractivity contribution in [3.63, 3.8) is 0 Å². The molecule has 0 saturated heterocycles. The SMILES string of the molecule is CCOc1cnc(CN)nc1. The first-order valence-electron chi connectivity index (χ1n) is 3.50. The summed E-state index contributed by atoms with van der Waals surface area (Å²) in [6.07, 6.45) is 3.25. The number of hydrogen-bond donors (Lipinski definition) is 1. The van der Waals surface area contributed by atoms with Crippen molar-refractivity contribution < 1.29 is 4.74 Å². The Labute approximate surface area is 65.4 Å². The molecule has 0 saturated carbocycles. The number of rotatable bonds is 3. The quantitative estimate of drug-likeness (QED) is 0.680. The molecule has 4 heteroatoms. The van der Waals surface area contributed by atoms with Crippen LogP contribution in [-0.2, 0) is 6.54 Å². The van der Waals surface area contributed by atoms with Gasteiger partial charge in [0.25, 0.3) is 0 Å². The Morgan fingerprint density at radius 2 is 2.09 bits per heavy atom. The van der Waals surface area contributed by atoms with Gasteiger partial charge >= 0.3 is 0 Å². The number of hydrogen-bond acceptors (Lipinski definition) is 4. The molecular weight excluding hydrogens is 142 g/mol. The van der Waals surface area contributed by atoms with Gasteiger partial charge in [0.05, 0.1) is 25.5 Å². The van der Waals surface area contributed by atoms with E-state index < -0.39 is 0 Å². The molecule has 0 aliphatic rings.